The molecular weight excluding hydrogens is 404 g/mol. The second-order valence-corrected chi connectivity index (χ2v) is 7.72. The maximum Gasteiger partial charge on any atom is 0.270 e. The predicted molar refractivity (Wildman–Crippen MR) is 122 cm³/mol. The summed E-state index contributed by atoms with van der Waals surface area (Å²) in [5, 5.41) is 24.2. The van der Waals surface area contributed by atoms with Gasteiger partial charge < -0.3 is 20.1 Å². The molecule has 2 heterocycles. The Morgan fingerprint density at radius 3 is 2.12 bits per heavy atom. The van der Waals surface area contributed by atoms with Crippen molar-refractivity contribution >= 4 is 17.1 Å². The Morgan fingerprint density at radius 1 is 1.00 bits per heavy atom. The van der Waals surface area contributed by atoms with E-state index in [0.29, 0.717) is 34.7 Å². The van der Waals surface area contributed by atoms with Crippen LogP contribution < -0.4 is 5.32 Å². The zero-order valence-electron chi connectivity index (χ0n) is 18.1. The van der Waals surface area contributed by atoms with E-state index in [0.717, 1.165) is 0 Å². The Bertz CT molecular complexity index is 1180. The molecule has 3 N–H and O–H groups in total. The zero-order valence-corrected chi connectivity index (χ0v) is 18.1. The van der Waals surface area contributed by atoms with Gasteiger partial charge in [0.15, 0.2) is 17.1 Å². The number of hydrogen-bond donors (Lipinski definition) is 3. The van der Waals surface area contributed by atoms with Gasteiger partial charge in [-0.1, -0.05) is 60.7 Å². The number of aryl methyl sites for hydroxylation is 1. The first-order valence-electron chi connectivity index (χ1n) is 10.6. The van der Waals surface area contributed by atoms with Gasteiger partial charge >= 0.3 is 0 Å². The molecule has 7 nitrogen and oxygen atoms in total. The van der Waals surface area contributed by atoms with Crippen LogP contribution in [0.3, 0.4) is 0 Å². The number of nitrogens with one attached hydrogen (secondary N) is 1. The molecule has 0 fully saturated rings. The molecule has 1 atom stereocenters. The summed E-state index contributed by atoms with van der Waals surface area (Å²) in [4.78, 5) is 21.8. The molecule has 2 aromatic heterocycles. The number of imidazole rings is 1. The summed E-state index contributed by atoms with van der Waals surface area (Å²) in [6.45, 7) is 4.18. The van der Waals surface area contributed by atoms with Crippen molar-refractivity contribution in [2.45, 2.75) is 32.1 Å². The third-order valence-corrected chi connectivity index (χ3v) is 5.41. The minimum atomic E-state index is -1.51. The number of hydrogen-bond acceptors (Lipinski definition) is 5. The lowest BCUT2D eigenvalue weighted by molar-refractivity contribution is 0.0919. The minimum absolute atomic E-state index is 0.138. The number of benzene rings is 2. The summed E-state index contributed by atoms with van der Waals surface area (Å²) >= 11 is 0. The van der Waals surface area contributed by atoms with Crippen molar-refractivity contribution in [3.63, 3.8) is 0 Å². The van der Waals surface area contributed by atoms with Crippen LogP contribution in [0.25, 0.3) is 11.2 Å². The van der Waals surface area contributed by atoms with Crippen molar-refractivity contribution in [3.8, 4) is 0 Å². The normalized spacial score (nSPS) is 12.6. The molecule has 164 valence electrons. The maximum atomic E-state index is 12.5. The second-order valence-electron chi connectivity index (χ2n) is 7.72. The van der Waals surface area contributed by atoms with Crippen molar-refractivity contribution in [1.29, 1.82) is 0 Å². The van der Waals surface area contributed by atoms with E-state index >= 15 is 0 Å². The van der Waals surface area contributed by atoms with E-state index in [9.17, 15) is 15.0 Å². The molecule has 1 amide bonds. The number of rotatable bonds is 7. The lowest BCUT2D eigenvalue weighted by Crippen LogP contribution is -2.32. The lowest BCUT2D eigenvalue weighted by atomic mass is 9.85. The summed E-state index contributed by atoms with van der Waals surface area (Å²) in [7, 11) is 0. The van der Waals surface area contributed by atoms with Gasteiger partial charge in [-0.2, -0.15) is 0 Å². The average molecular weight is 431 g/mol. The SMILES string of the molecule is CCn1c(C(O)(c2ccccc2)c2ccccc2)nc2ccc(C(=O)NC[C@@H](C)O)nc21. The summed E-state index contributed by atoms with van der Waals surface area (Å²) in [5.74, 6) is 0.0565. The summed E-state index contributed by atoms with van der Waals surface area (Å²) in [5.41, 5.74) is 1.18. The van der Waals surface area contributed by atoms with Gasteiger partial charge in [-0.3, -0.25) is 4.79 Å². The minimum Gasteiger partial charge on any atom is -0.392 e. The fourth-order valence-corrected chi connectivity index (χ4v) is 3.82. The molecule has 0 unspecified atom stereocenters. The van der Waals surface area contributed by atoms with E-state index in [4.69, 9.17) is 4.98 Å². The number of carbonyl (C=O) groups is 1. The van der Waals surface area contributed by atoms with Gasteiger partial charge in [0.05, 0.1) is 6.10 Å². The number of carbonyl (C=O) groups excluding carboxylic acids is 1. The summed E-state index contributed by atoms with van der Waals surface area (Å²) in [6.07, 6.45) is -0.651. The van der Waals surface area contributed by atoms with Crippen LogP contribution in [0.5, 0.6) is 0 Å². The Kier molecular flexibility index (Phi) is 6.03. The van der Waals surface area contributed by atoms with Crippen LogP contribution >= 0.6 is 0 Å². The molecule has 4 rings (SSSR count). The highest BCUT2D eigenvalue weighted by Gasteiger charge is 2.39. The first kappa shape index (κ1) is 21.7. The van der Waals surface area contributed by atoms with Gasteiger partial charge in [0, 0.05) is 13.1 Å². The van der Waals surface area contributed by atoms with Crippen molar-refractivity contribution in [3.05, 3.63) is 95.4 Å². The van der Waals surface area contributed by atoms with Gasteiger partial charge in [0.1, 0.15) is 11.2 Å². The van der Waals surface area contributed by atoms with E-state index in [1.807, 2.05) is 72.2 Å². The Morgan fingerprint density at radius 2 is 1.59 bits per heavy atom. The summed E-state index contributed by atoms with van der Waals surface area (Å²) in [6, 6.07) is 22.1. The average Bonchev–Trinajstić information content (AvgIpc) is 3.21. The van der Waals surface area contributed by atoms with Crippen LogP contribution in [0.1, 0.15) is 41.3 Å². The Labute approximate surface area is 186 Å². The van der Waals surface area contributed by atoms with Crippen LogP contribution in [-0.4, -0.2) is 43.3 Å². The van der Waals surface area contributed by atoms with Crippen LogP contribution in [0, 0.1) is 0 Å². The summed E-state index contributed by atoms with van der Waals surface area (Å²) < 4.78 is 1.83. The molecule has 7 heteroatoms. The predicted octanol–water partition coefficient (Wildman–Crippen LogP) is 2.85. The number of aromatic nitrogens is 3. The van der Waals surface area contributed by atoms with Gasteiger partial charge in [0.2, 0.25) is 0 Å². The highest BCUT2D eigenvalue weighted by molar-refractivity contribution is 5.94. The Hall–Kier alpha value is -3.55. The zero-order chi connectivity index (χ0) is 22.7. The van der Waals surface area contributed by atoms with E-state index in [-0.39, 0.29) is 18.1 Å². The van der Waals surface area contributed by atoms with Crippen molar-refractivity contribution in [2.75, 3.05) is 6.54 Å². The molecule has 0 aliphatic carbocycles. The van der Waals surface area contributed by atoms with Gasteiger partial charge in [-0.05, 0) is 37.1 Å². The third-order valence-electron chi connectivity index (χ3n) is 5.41. The number of nitrogens with zero attached hydrogens (tertiary/aromatic N) is 3. The number of aliphatic hydroxyl groups excluding tert-OH is 1. The van der Waals surface area contributed by atoms with Crippen LogP contribution in [0.2, 0.25) is 0 Å². The topological polar surface area (TPSA) is 100 Å². The first-order chi connectivity index (χ1) is 15.4. The molecule has 0 radical (unpaired) electrons. The smallest absolute Gasteiger partial charge is 0.270 e. The fraction of sp³-hybridized carbons (Fsp3) is 0.240. The van der Waals surface area contributed by atoms with Crippen LogP contribution in [-0.2, 0) is 12.1 Å². The molecule has 2 aromatic carbocycles. The molecule has 0 saturated heterocycles. The maximum absolute atomic E-state index is 12.5. The Balaban J connectivity index is 1.89. The van der Waals surface area contributed by atoms with Crippen molar-refractivity contribution in [1.82, 2.24) is 19.9 Å². The highest BCUT2D eigenvalue weighted by atomic mass is 16.3. The third kappa shape index (κ3) is 3.88. The molecule has 0 aliphatic rings. The molecule has 4 aromatic rings. The van der Waals surface area contributed by atoms with E-state index in [1.54, 1.807) is 19.1 Å². The van der Waals surface area contributed by atoms with Crippen molar-refractivity contribution < 1.29 is 15.0 Å². The van der Waals surface area contributed by atoms with Gasteiger partial charge in [-0.25, -0.2) is 9.97 Å². The number of fused-ring (bicyclic) bond motifs is 1. The van der Waals surface area contributed by atoms with Crippen molar-refractivity contribution in [2.24, 2.45) is 0 Å². The molecule has 0 spiro atoms. The molecule has 0 saturated carbocycles. The molecule has 0 bridgehead atoms. The van der Waals surface area contributed by atoms with Gasteiger partial charge in [0.25, 0.3) is 5.91 Å². The largest absolute Gasteiger partial charge is 0.392 e. The van der Waals surface area contributed by atoms with Gasteiger partial charge in [-0.15, -0.1) is 0 Å². The van der Waals surface area contributed by atoms with E-state index in [1.165, 1.54) is 0 Å². The van der Waals surface area contributed by atoms with Crippen LogP contribution in [0.15, 0.2) is 72.8 Å². The standard InChI is InChI=1S/C25H26N4O3/c1-3-29-22-20(14-15-21(27-22)23(31)26-16-17(2)30)28-24(29)25(32,18-10-6-4-7-11-18)19-12-8-5-9-13-19/h4-15,17,30,32H,3,16H2,1-2H3,(H,26,31)/t17-/m1/s1. The first-order valence-corrected chi connectivity index (χ1v) is 10.6. The van der Waals surface area contributed by atoms with E-state index < -0.39 is 11.7 Å². The fourth-order valence-electron chi connectivity index (χ4n) is 3.82. The highest BCUT2D eigenvalue weighted by Crippen LogP contribution is 2.37. The monoisotopic (exact) mass is 430 g/mol. The van der Waals surface area contributed by atoms with Crippen LogP contribution in [0.4, 0.5) is 0 Å². The second kappa shape index (κ2) is 8.90. The molecular formula is C25H26N4O3. The number of amides is 1. The lowest BCUT2D eigenvalue weighted by Gasteiger charge is -2.29. The van der Waals surface area contributed by atoms with E-state index in [2.05, 4.69) is 10.3 Å². The number of pyridine rings is 1. The molecule has 0 aliphatic heterocycles. The number of aliphatic hydroxyl groups is 2. The molecule has 32 heavy (non-hydrogen) atoms. The quantitative estimate of drug-likeness (QED) is 0.419.